The maximum Gasteiger partial charge on any atom is 0.472 e. The minimum absolute atomic E-state index is 0.0270. The fraction of sp³-hybridized carbons (Fsp3) is 0.561. The zero-order chi connectivity index (χ0) is 56.9. The average Bonchev–Trinajstić information content (AvgIpc) is 3.43. The molecule has 0 radical (unpaired) electrons. The number of hydrogen-bond donors (Lipinski definition) is 2. The summed E-state index contributed by atoms with van der Waals surface area (Å²) in [7, 11) is -4.79. The number of allylic oxidation sites excluding steroid dienone is 26. The summed E-state index contributed by atoms with van der Waals surface area (Å²) in [6.07, 6.45) is 76.4. The van der Waals surface area contributed by atoms with E-state index in [1.165, 1.54) is 0 Å². The van der Waals surface area contributed by atoms with Crippen molar-refractivity contribution in [2.45, 2.75) is 213 Å². The zero-order valence-electron chi connectivity index (χ0n) is 48.3. The third-order valence-corrected chi connectivity index (χ3v) is 12.4. The first-order valence-electron chi connectivity index (χ1n) is 29.4. The molecular weight excluding hydrogens is 1000 g/mol. The van der Waals surface area contributed by atoms with Crippen molar-refractivity contribution in [3.05, 3.63) is 158 Å². The van der Waals surface area contributed by atoms with Crippen LogP contribution in [0.15, 0.2) is 158 Å². The molecule has 0 aliphatic carbocycles. The molecule has 3 unspecified atom stereocenters. The molecule has 2 N–H and O–H groups in total. The number of hydrogen-bond acceptors (Lipinski definition) is 10. The summed E-state index contributed by atoms with van der Waals surface area (Å²) >= 11 is 0. The molecule has 0 saturated carbocycles. The van der Waals surface area contributed by atoms with Crippen molar-refractivity contribution >= 4 is 25.7 Å². The van der Waals surface area contributed by atoms with E-state index in [1.807, 2.05) is 12.2 Å². The quantitative estimate of drug-likeness (QED) is 0.0197. The van der Waals surface area contributed by atoms with Gasteiger partial charge >= 0.3 is 25.7 Å². The first kappa shape index (κ1) is 73.1. The third-order valence-electron chi connectivity index (χ3n) is 11.4. The van der Waals surface area contributed by atoms with Gasteiger partial charge in [0.2, 0.25) is 0 Å². The standard InChI is InChI=1S/C66H103O11P/c1-4-7-10-13-16-19-22-25-28-30-31-33-36-39-42-45-48-51-54-57-66(70)77-63(59-73-64(68)55-52-49-46-43-40-37-34-27-24-21-18-15-12-9-6-3)61-75-78(71,72)74-60-62(58-67)76-65(69)56-53-50-47-44-41-38-35-32-29-26-23-20-17-14-11-8-5-2/h7-12,16-21,25-29,31,33-35,38-39,42,48,51,62-63,67H,4-6,13-15,22-24,30,32,36-37,40-41,43-47,49-50,52-61H2,1-3H3,(H,71,72)/b10-7-,11-8-,12-9-,19-16-,20-17-,21-18-,28-25-,29-26-,33-31-,34-27-,38-35-,42-39-,51-48-. The molecule has 0 saturated heterocycles. The summed E-state index contributed by atoms with van der Waals surface area (Å²) in [5, 5.41) is 9.83. The predicted molar refractivity (Wildman–Crippen MR) is 325 cm³/mol. The Hall–Kier alpha value is -4.90. The molecule has 0 amide bonds. The van der Waals surface area contributed by atoms with Gasteiger partial charge in [0.25, 0.3) is 0 Å². The van der Waals surface area contributed by atoms with Gasteiger partial charge in [0.05, 0.1) is 19.8 Å². The number of carbonyl (C=O) groups excluding carboxylic acids is 3. The number of aliphatic hydroxyl groups excluding tert-OH is 1. The van der Waals surface area contributed by atoms with E-state index in [-0.39, 0.29) is 25.9 Å². The summed E-state index contributed by atoms with van der Waals surface area (Å²) in [6, 6.07) is 0. The van der Waals surface area contributed by atoms with Gasteiger partial charge < -0.3 is 24.2 Å². The number of aliphatic hydroxyl groups is 1. The average molecular weight is 1100 g/mol. The Morgan fingerprint density at radius 3 is 1.04 bits per heavy atom. The highest BCUT2D eigenvalue weighted by Gasteiger charge is 2.28. The molecule has 0 aromatic heterocycles. The van der Waals surface area contributed by atoms with Gasteiger partial charge in [-0.1, -0.05) is 211 Å². The molecule has 0 aromatic rings. The Morgan fingerprint density at radius 2 is 0.654 bits per heavy atom. The van der Waals surface area contributed by atoms with Crippen LogP contribution < -0.4 is 0 Å². The van der Waals surface area contributed by atoms with Crippen LogP contribution in [-0.2, 0) is 42.2 Å². The first-order valence-corrected chi connectivity index (χ1v) is 30.9. The molecule has 0 spiro atoms. The van der Waals surface area contributed by atoms with E-state index in [0.29, 0.717) is 25.7 Å². The molecule has 0 aromatic carbocycles. The predicted octanol–water partition coefficient (Wildman–Crippen LogP) is 17.7. The van der Waals surface area contributed by atoms with Crippen molar-refractivity contribution in [3.63, 3.8) is 0 Å². The van der Waals surface area contributed by atoms with E-state index in [4.69, 9.17) is 23.3 Å². The van der Waals surface area contributed by atoms with E-state index in [2.05, 4.69) is 167 Å². The van der Waals surface area contributed by atoms with Crippen LogP contribution in [0.25, 0.3) is 0 Å². The van der Waals surface area contributed by atoms with Gasteiger partial charge in [0.1, 0.15) is 12.7 Å². The van der Waals surface area contributed by atoms with Crippen LogP contribution in [0.3, 0.4) is 0 Å². The van der Waals surface area contributed by atoms with Gasteiger partial charge in [-0.05, 0) is 128 Å². The molecule has 0 aliphatic heterocycles. The number of esters is 3. The Kier molecular flexibility index (Phi) is 54.6. The molecular formula is C66H103O11P. The lowest BCUT2D eigenvalue weighted by Gasteiger charge is -2.21. The molecule has 11 nitrogen and oxygen atoms in total. The summed E-state index contributed by atoms with van der Waals surface area (Å²) < 4.78 is 39.4. The molecule has 78 heavy (non-hydrogen) atoms. The van der Waals surface area contributed by atoms with Crippen LogP contribution in [0.2, 0.25) is 0 Å². The number of rotatable bonds is 52. The summed E-state index contributed by atoms with van der Waals surface area (Å²) in [4.78, 5) is 48.6. The van der Waals surface area contributed by atoms with Crippen molar-refractivity contribution < 1.29 is 52.2 Å². The smallest absolute Gasteiger partial charge is 0.462 e. The lowest BCUT2D eigenvalue weighted by atomic mass is 10.1. The Morgan fingerprint density at radius 1 is 0.359 bits per heavy atom. The lowest BCUT2D eigenvalue weighted by Crippen LogP contribution is -2.30. The van der Waals surface area contributed by atoms with Crippen molar-refractivity contribution in [2.75, 3.05) is 26.4 Å². The van der Waals surface area contributed by atoms with Gasteiger partial charge in [-0.2, -0.15) is 0 Å². The van der Waals surface area contributed by atoms with E-state index in [0.717, 1.165) is 135 Å². The van der Waals surface area contributed by atoms with Gasteiger partial charge in [-0.25, -0.2) is 4.57 Å². The van der Waals surface area contributed by atoms with E-state index < -0.39 is 57.8 Å². The summed E-state index contributed by atoms with van der Waals surface area (Å²) in [5.41, 5.74) is 0. The lowest BCUT2D eigenvalue weighted by molar-refractivity contribution is -0.161. The number of phosphoric acid groups is 1. The fourth-order valence-electron chi connectivity index (χ4n) is 7.09. The normalized spacial score (nSPS) is 14.5. The largest absolute Gasteiger partial charge is 0.472 e. The zero-order valence-corrected chi connectivity index (χ0v) is 49.2. The van der Waals surface area contributed by atoms with E-state index in [9.17, 15) is 28.9 Å². The molecule has 0 aliphatic rings. The van der Waals surface area contributed by atoms with Crippen molar-refractivity contribution in [1.29, 1.82) is 0 Å². The van der Waals surface area contributed by atoms with Crippen LogP contribution in [0.1, 0.15) is 201 Å². The van der Waals surface area contributed by atoms with E-state index in [1.54, 1.807) is 0 Å². The highest BCUT2D eigenvalue weighted by molar-refractivity contribution is 7.47. The monoisotopic (exact) mass is 1100 g/mol. The minimum Gasteiger partial charge on any atom is -0.462 e. The highest BCUT2D eigenvalue weighted by Crippen LogP contribution is 2.43. The van der Waals surface area contributed by atoms with Crippen molar-refractivity contribution in [3.8, 4) is 0 Å². The van der Waals surface area contributed by atoms with Gasteiger partial charge in [0.15, 0.2) is 6.10 Å². The van der Waals surface area contributed by atoms with Gasteiger partial charge in [-0.3, -0.25) is 23.4 Å². The second-order valence-electron chi connectivity index (χ2n) is 18.7. The topological polar surface area (TPSA) is 155 Å². The van der Waals surface area contributed by atoms with Crippen LogP contribution in [0.4, 0.5) is 0 Å². The Balaban J connectivity index is 4.90. The number of unbranched alkanes of at least 4 members (excludes halogenated alkanes) is 9. The first-order chi connectivity index (χ1) is 38.2. The Bertz CT molecular complexity index is 1910. The van der Waals surface area contributed by atoms with Crippen molar-refractivity contribution in [1.82, 2.24) is 0 Å². The van der Waals surface area contributed by atoms with Gasteiger partial charge in [0, 0.05) is 19.3 Å². The second-order valence-corrected chi connectivity index (χ2v) is 20.1. The fourth-order valence-corrected chi connectivity index (χ4v) is 7.88. The Labute approximate surface area is 473 Å². The molecule has 438 valence electrons. The molecule has 12 heteroatoms. The van der Waals surface area contributed by atoms with E-state index >= 15 is 0 Å². The molecule has 0 fully saturated rings. The maximum atomic E-state index is 12.9. The van der Waals surface area contributed by atoms with Crippen LogP contribution in [-0.4, -0.2) is 66.5 Å². The van der Waals surface area contributed by atoms with Crippen LogP contribution in [0.5, 0.6) is 0 Å². The maximum absolute atomic E-state index is 12.9. The molecule has 0 bridgehead atoms. The van der Waals surface area contributed by atoms with Crippen LogP contribution in [0, 0.1) is 0 Å². The summed E-state index contributed by atoms with van der Waals surface area (Å²) in [6.45, 7) is 4.15. The second kappa shape index (κ2) is 58.3. The van der Waals surface area contributed by atoms with Gasteiger partial charge in [-0.15, -0.1) is 0 Å². The molecule has 3 atom stereocenters. The number of phosphoric ester groups is 1. The minimum atomic E-state index is -4.79. The van der Waals surface area contributed by atoms with Crippen molar-refractivity contribution in [2.24, 2.45) is 0 Å². The SMILES string of the molecule is CC/C=C\C/C=C\C/C=C\C/C=C\C/C=C\C/C=C\CCC(=O)OC(COC(=O)CCCCCCC/C=C\C/C=C\C/C=C\CC)COP(=O)(O)OCC(CO)OC(=O)CCCCCC/C=C\C/C=C\C/C=C\C/C=C\CC. The van der Waals surface area contributed by atoms with Crippen LogP contribution >= 0.6 is 7.82 Å². The number of carbonyl (C=O) groups is 3. The summed E-state index contributed by atoms with van der Waals surface area (Å²) in [5.74, 6) is -1.63. The number of ether oxygens (including phenoxy) is 3. The third kappa shape index (κ3) is 55.8. The molecule has 0 rings (SSSR count). The highest BCUT2D eigenvalue weighted by atomic mass is 31.2. The molecule has 0 heterocycles.